The maximum atomic E-state index is 12.3. The van der Waals surface area contributed by atoms with Gasteiger partial charge in [-0.15, -0.1) is 11.8 Å². The average molecular weight is 409 g/mol. The van der Waals surface area contributed by atoms with Crippen molar-refractivity contribution >= 4 is 35.2 Å². The molecule has 1 fully saturated rings. The summed E-state index contributed by atoms with van der Waals surface area (Å²) in [5.74, 6) is -1.92. The molecule has 0 aromatic carbocycles. The second kappa shape index (κ2) is 8.04. The minimum absolute atomic E-state index is 0.0276. The van der Waals surface area contributed by atoms with Crippen LogP contribution in [0.4, 0.5) is 0 Å². The lowest BCUT2D eigenvalue weighted by molar-refractivity contribution is -0.687. The topological polar surface area (TPSA) is 84.5 Å². The molecule has 0 aliphatic carbocycles. The first-order valence-electron chi connectivity index (χ1n) is 8.69. The molecule has 0 radical (unpaired) electrons. The number of nitrogens with zero attached hydrogens (tertiary/aromatic N) is 2. The summed E-state index contributed by atoms with van der Waals surface area (Å²) < 4.78 is 1.96. The Labute approximate surface area is 167 Å². The number of carboxylic acids is 1. The Hall–Kier alpha value is -1.83. The highest BCUT2D eigenvalue weighted by Gasteiger charge is 2.58. The summed E-state index contributed by atoms with van der Waals surface area (Å²) in [5, 5.41) is 21.5. The molecule has 0 spiro atoms. The molecular formula is C19H21ClN2O4S. The van der Waals surface area contributed by atoms with E-state index in [-0.39, 0.29) is 23.6 Å². The van der Waals surface area contributed by atoms with Gasteiger partial charge in [-0.1, -0.05) is 18.5 Å². The maximum Gasteiger partial charge on any atom is 0.235 e. The third-order valence-electron chi connectivity index (χ3n) is 5.17. The van der Waals surface area contributed by atoms with Crippen molar-refractivity contribution in [3.63, 3.8) is 0 Å². The van der Waals surface area contributed by atoms with Gasteiger partial charge in [-0.25, -0.2) is 4.57 Å². The van der Waals surface area contributed by atoms with Crippen LogP contribution >= 0.6 is 23.4 Å². The monoisotopic (exact) mass is 408 g/mol. The summed E-state index contributed by atoms with van der Waals surface area (Å²) in [7, 11) is 0. The second-order valence-electron chi connectivity index (χ2n) is 6.80. The van der Waals surface area contributed by atoms with Crippen LogP contribution < -0.4 is 9.67 Å². The Bertz CT molecular complexity index is 806. The molecule has 1 amide bonds. The number of aliphatic hydroxyl groups excluding tert-OH is 1. The van der Waals surface area contributed by atoms with Gasteiger partial charge in [-0.3, -0.25) is 4.79 Å². The first-order chi connectivity index (χ1) is 12.9. The largest absolute Gasteiger partial charge is 0.543 e. The van der Waals surface area contributed by atoms with E-state index < -0.39 is 18.0 Å². The molecule has 1 aromatic heterocycles. The van der Waals surface area contributed by atoms with E-state index in [4.69, 9.17) is 11.6 Å². The smallest absolute Gasteiger partial charge is 0.235 e. The summed E-state index contributed by atoms with van der Waals surface area (Å²) in [4.78, 5) is 26.3. The van der Waals surface area contributed by atoms with E-state index in [1.54, 1.807) is 6.92 Å². The number of hydrogen-bond donors (Lipinski definition) is 1. The third-order valence-corrected chi connectivity index (χ3v) is 6.41. The summed E-state index contributed by atoms with van der Waals surface area (Å²) in [6, 6.07) is 3.59. The van der Waals surface area contributed by atoms with Gasteiger partial charge < -0.3 is 19.9 Å². The quantitative estimate of drug-likeness (QED) is 0.407. The number of aliphatic carboxylic acids is 1. The number of halogens is 1. The maximum absolute atomic E-state index is 12.3. The Morgan fingerprint density at radius 1 is 1.48 bits per heavy atom. The number of aromatic nitrogens is 1. The first kappa shape index (κ1) is 19.9. The molecule has 4 atom stereocenters. The van der Waals surface area contributed by atoms with Gasteiger partial charge in [0.15, 0.2) is 18.9 Å². The lowest BCUT2D eigenvalue weighted by atomic mass is 9.78. The van der Waals surface area contributed by atoms with Gasteiger partial charge in [-0.2, -0.15) is 0 Å². The fourth-order valence-corrected chi connectivity index (χ4v) is 4.92. The predicted octanol–water partition coefficient (Wildman–Crippen LogP) is 0.680. The Morgan fingerprint density at radius 2 is 2.15 bits per heavy atom. The number of amides is 1. The number of fused-ring (bicyclic) bond motifs is 1. The number of β-lactam (4-membered cyclic amide) rings is 1. The van der Waals surface area contributed by atoms with E-state index in [9.17, 15) is 19.8 Å². The zero-order valence-corrected chi connectivity index (χ0v) is 16.6. The van der Waals surface area contributed by atoms with Crippen LogP contribution in [0.1, 0.15) is 13.8 Å². The molecule has 0 bridgehead atoms. The molecule has 1 N–H and O–H groups in total. The van der Waals surface area contributed by atoms with Crippen molar-refractivity contribution < 1.29 is 24.4 Å². The summed E-state index contributed by atoms with van der Waals surface area (Å²) >= 11 is 7.04. The van der Waals surface area contributed by atoms with Gasteiger partial charge in [-0.05, 0) is 18.6 Å². The molecule has 3 rings (SSSR count). The van der Waals surface area contributed by atoms with Crippen molar-refractivity contribution in [2.75, 3.05) is 5.75 Å². The molecule has 1 aromatic rings. The minimum atomic E-state index is -1.34. The fraction of sp³-hybridized carbons (Fsp3) is 0.421. The SMILES string of the molecule is C[C@@H](O)[C@H]1C(=O)N2C(C(=O)[O-])=C(CSc3cc[n+](C/C=C\Cl)cc3)[C@H](C)[C@H]12. The van der Waals surface area contributed by atoms with Gasteiger partial charge in [0.2, 0.25) is 5.91 Å². The zero-order valence-electron chi connectivity index (χ0n) is 15.0. The van der Waals surface area contributed by atoms with Crippen LogP contribution in [-0.4, -0.2) is 39.8 Å². The summed E-state index contributed by atoms with van der Waals surface area (Å²) in [6.07, 6.45) is 4.87. The number of rotatable bonds is 7. The van der Waals surface area contributed by atoms with Crippen LogP contribution in [0.25, 0.3) is 0 Å². The van der Waals surface area contributed by atoms with Crippen LogP contribution in [0.5, 0.6) is 0 Å². The van der Waals surface area contributed by atoms with E-state index in [1.165, 1.54) is 22.2 Å². The molecule has 6 nitrogen and oxygen atoms in total. The number of carbonyl (C=O) groups excluding carboxylic acids is 2. The Morgan fingerprint density at radius 3 is 2.70 bits per heavy atom. The molecule has 0 saturated carbocycles. The standard InChI is InChI=1S/C19H21ClN2O4S/c1-11-14(10-27-13-4-8-21(9-5-13)7-3-6-20)17(19(25)26)22-16(11)15(12(2)23)18(22)24/h3-6,8-9,11-12,15-16,23H,7,10H2,1-2H3/b6-3-/t11-,12+,15+,16+/m0/s1. The number of thioether (sulfide) groups is 1. The first-order valence-corrected chi connectivity index (χ1v) is 10.1. The number of carbonyl (C=O) groups is 2. The van der Waals surface area contributed by atoms with Crippen molar-refractivity contribution in [3.05, 3.63) is 47.4 Å². The highest BCUT2D eigenvalue weighted by atomic mass is 35.5. The molecule has 1 saturated heterocycles. The van der Waals surface area contributed by atoms with Crippen LogP contribution in [0.3, 0.4) is 0 Å². The lowest BCUT2D eigenvalue weighted by Gasteiger charge is -2.47. The molecule has 2 aliphatic rings. The van der Waals surface area contributed by atoms with E-state index in [0.29, 0.717) is 17.9 Å². The third kappa shape index (κ3) is 3.63. The van der Waals surface area contributed by atoms with Gasteiger partial charge in [0.05, 0.1) is 29.7 Å². The van der Waals surface area contributed by atoms with Crippen molar-refractivity contribution in [2.45, 2.75) is 37.4 Å². The van der Waals surface area contributed by atoms with Crippen LogP contribution in [0.2, 0.25) is 0 Å². The fourth-order valence-electron chi connectivity index (χ4n) is 3.81. The van der Waals surface area contributed by atoms with E-state index in [1.807, 2.05) is 42.1 Å². The van der Waals surface area contributed by atoms with Gasteiger partial charge in [0.25, 0.3) is 0 Å². The second-order valence-corrected chi connectivity index (χ2v) is 8.10. The highest BCUT2D eigenvalue weighted by molar-refractivity contribution is 7.99. The van der Waals surface area contributed by atoms with E-state index in [2.05, 4.69) is 0 Å². The van der Waals surface area contributed by atoms with Gasteiger partial charge >= 0.3 is 0 Å². The van der Waals surface area contributed by atoms with Crippen molar-refractivity contribution in [2.24, 2.45) is 11.8 Å². The molecule has 0 unspecified atom stereocenters. The van der Waals surface area contributed by atoms with Crippen molar-refractivity contribution in [1.82, 2.24) is 4.90 Å². The number of hydrogen-bond acceptors (Lipinski definition) is 5. The number of allylic oxidation sites excluding steroid dienone is 1. The van der Waals surface area contributed by atoms with Gasteiger partial charge in [0.1, 0.15) is 0 Å². The molecule has 3 heterocycles. The lowest BCUT2D eigenvalue weighted by Crippen LogP contribution is -2.64. The van der Waals surface area contributed by atoms with Gasteiger partial charge in [0, 0.05) is 34.2 Å². The molecular weight excluding hydrogens is 388 g/mol. The molecule has 27 heavy (non-hydrogen) atoms. The minimum Gasteiger partial charge on any atom is -0.543 e. The number of pyridine rings is 1. The molecule has 8 heteroatoms. The zero-order chi connectivity index (χ0) is 19.7. The average Bonchev–Trinajstić information content (AvgIpc) is 2.87. The normalized spacial score (nSPS) is 25.7. The van der Waals surface area contributed by atoms with Crippen LogP contribution in [0.15, 0.2) is 52.3 Å². The van der Waals surface area contributed by atoms with E-state index in [0.717, 1.165) is 4.90 Å². The number of aliphatic hydroxyl groups is 1. The Balaban J connectivity index is 1.75. The van der Waals surface area contributed by atoms with Crippen molar-refractivity contribution in [1.29, 1.82) is 0 Å². The van der Waals surface area contributed by atoms with Crippen molar-refractivity contribution in [3.8, 4) is 0 Å². The Kier molecular flexibility index (Phi) is 5.93. The summed E-state index contributed by atoms with van der Waals surface area (Å²) in [5.41, 5.74) is 2.12. The highest BCUT2D eigenvalue weighted by Crippen LogP contribution is 2.47. The van der Waals surface area contributed by atoms with Crippen LogP contribution in [0, 0.1) is 11.8 Å². The van der Waals surface area contributed by atoms with Crippen LogP contribution in [-0.2, 0) is 16.1 Å². The predicted molar refractivity (Wildman–Crippen MR) is 99.4 cm³/mol. The van der Waals surface area contributed by atoms with E-state index >= 15 is 0 Å². The summed E-state index contributed by atoms with van der Waals surface area (Å²) in [6.45, 7) is 4.14. The molecule has 2 aliphatic heterocycles. The number of carboxylic acid groups (broad SMARTS) is 1. The molecule has 144 valence electrons.